The van der Waals surface area contributed by atoms with Gasteiger partial charge in [0.25, 0.3) is 5.91 Å². The zero-order valence-corrected chi connectivity index (χ0v) is 22.9. The number of rotatable bonds is 13. The van der Waals surface area contributed by atoms with Crippen molar-refractivity contribution in [2.75, 3.05) is 31.6 Å². The fourth-order valence-corrected chi connectivity index (χ4v) is 5.51. The Morgan fingerprint density at radius 2 is 1.78 bits per heavy atom. The van der Waals surface area contributed by atoms with Gasteiger partial charge in [-0.2, -0.15) is 0 Å². The van der Waals surface area contributed by atoms with Gasteiger partial charge in [-0.15, -0.1) is 11.3 Å². The molecule has 14 heteroatoms. The zero-order chi connectivity index (χ0) is 27.1. The summed E-state index contributed by atoms with van der Waals surface area (Å²) in [4.78, 5) is 27.1. The van der Waals surface area contributed by atoms with E-state index in [2.05, 4.69) is 10.3 Å². The Bertz CT molecular complexity index is 1380. The molecule has 200 valence electrons. The Kier molecular flexibility index (Phi) is 9.82. The smallest absolute Gasteiger partial charge is 0.334 e. The molecule has 0 radical (unpaired) electrons. The first-order valence-electron chi connectivity index (χ1n) is 11.0. The van der Waals surface area contributed by atoms with Crippen LogP contribution in [0.2, 0.25) is 0 Å². The predicted molar refractivity (Wildman–Crippen MR) is 138 cm³/mol. The van der Waals surface area contributed by atoms with Gasteiger partial charge in [0, 0.05) is 29.9 Å². The van der Waals surface area contributed by atoms with Gasteiger partial charge in [0.2, 0.25) is 0 Å². The molecule has 0 spiro atoms. The third kappa shape index (κ3) is 8.92. The van der Waals surface area contributed by atoms with Crippen molar-refractivity contribution in [3.63, 3.8) is 0 Å². The number of carbonyl (C=O) groups is 1. The van der Waals surface area contributed by atoms with Crippen LogP contribution >= 0.6 is 18.9 Å². The lowest BCUT2D eigenvalue weighted by Gasteiger charge is -2.12. The second-order valence-corrected chi connectivity index (χ2v) is 12.3. The average molecular weight is 571 g/mol. The standard InChI is InChI=1S/C23H27N2O9PS2/c1-4-31-15-32-19-10-16(11-20(12-19)34-18-6-8-21(9-7-18)37(3,29)30)22(26)25-23-24-17(14-36-23)13-35(27,28)33-5-2/h6-12,14H,4-5,13,15H2,1-3H3,(H,27,28)(H,24,25,26). The minimum absolute atomic E-state index is 0.0407. The minimum Gasteiger partial charge on any atom is -0.467 e. The summed E-state index contributed by atoms with van der Waals surface area (Å²) in [6.07, 6.45) is 0.837. The van der Waals surface area contributed by atoms with Crippen molar-refractivity contribution in [3.8, 4) is 17.2 Å². The van der Waals surface area contributed by atoms with E-state index in [1.165, 1.54) is 36.4 Å². The number of hydrogen-bond acceptors (Lipinski definition) is 10. The Morgan fingerprint density at radius 1 is 1.08 bits per heavy atom. The number of sulfone groups is 1. The van der Waals surface area contributed by atoms with E-state index >= 15 is 0 Å². The quantitative estimate of drug-likeness (QED) is 0.168. The summed E-state index contributed by atoms with van der Waals surface area (Å²) in [6, 6.07) is 10.4. The number of thiazole rings is 1. The van der Waals surface area contributed by atoms with Crippen LogP contribution in [0, 0.1) is 0 Å². The van der Waals surface area contributed by atoms with Gasteiger partial charge in [0.05, 0.1) is 23.4 Å². The summed E-state index contributed by atoms with van der Waals surface area (Å²) in [5.74, 6) is 0.413. The second-order valence-electron chi connectivity index (χ2n) is 7.61. The molecule has 1 amide bonds. The summed E-state index contributed by atoms with van der Waals surface area (Å²) in [7, 11) is -7.17. The van der Waals surface area contributed by atoms with Crippen LogP contribution in [0.25, 0.3) is 0 Å². The average Bonchev–Trinajstić information content (AvgIpc) is 3.24. The van der Waals surface area contributed by atoms with E-state index in [0.717, 1.165) is 17.6 Å². The molecule has 1 aromatic heterocycles. The van der Waals surface area contributed by atoms with Crippen LogP contribution in [0.1, 0.15) is 29.9 Å². The van der Waals surface area contributed by atoms with E-state index in [0.29, 0.717) is 23.8 Å². The summed E-state index contributed by atoms with van der Waals surface area (Å²) < 4.78 is 56.8. The highest BCUT2D eigenvalue weighted by molar-refractivity contribution is 7.90. The number of nitrogens with zero attached hydrogens (tertiary/aromatic N) is 1. The Morgan fingerprint density at radius 3 is 2.43 bits per heavy atom. The summed E-state index contributed by atoms with van der Waals surface area (Å²) >= 11 is 1.10. The fourth-order valence-electron chi connectivity index (χ4n) is 2.99. The summed E-state index contributed by atoms with van der Waals surface area (Å²) in [6.45, 7) is 3.92. The molecule has 0 saturated heterocycles. The Labute approximate surface area is 218 Å². The van der Waals surface area contributed by atoms with E-state index in [1.54, 1.807) is 18.4 Å². The molecular formula is C23H27N2O9PS2. The molecule has 2 N–H and O–H groups in total. The normalized spacial score (nSPS) is 13.1. The van der Waals surface area contributed by atoms with Crippen LogP contribution in [0.3, 0.4) is 0 Å². The number of benzene rings is 2. The van der Waals surface area contributed by atoms with E-state index in [-0.39, 0.29) is 40.9 Å². The summed E-state index contributed by atoms with van der Waals surface area (Å²) in [5.41, 5.74) is 0.505. The lowest BCUT2D eigenvalue weighted by molar-refractivity contribution is 0.0223. The van der Waals surface area contributed by atoms with Crippen LogP contribution in [0.4, 0.5) is 5.13 Å². The minimum atomic E-state index is -3.81. The van der Waals surface area contributed by atoms with Crippen molar-refractivity contribution >= 4 is 39.8 Å². The molecule has 3 rings (SSSR count). The highest BCUT2D eigenvalue weighted by Crippen LogP contribution is 2.45. The molecule has 0 saturated carbocycles. The number of anilines is 1. The number of ether oxygens (including phenoxy) is 3. The van der Waals surface area contributed by atoms with Crippen molar-refractivity contribution < 1.29 is 41.4 Å². The molecule has 0 aliphatic heterocycles. The fraction of sp³-hybridized carbons (Fsp3) is 0.304. The third-order valence-electron chi connectivity index (χ3n) is 4.61. The van der Waals surface area contributed by atoms with Gasteiger partial charge in [-0.05, 0) is 50.2 Å². The first-order chi connectivity index (χ1) is 17.5. The molecule has 11 nitrogen and oxygen atoms in total. The lowest BCUT2D eigenvalue weighted by atomic mass is 10.2. The van der Waals surface area contributed by atoms with E-state index < -0.39 is 23.3 Å². The van der Waals surface area contributed by atoms with E-state index in [4.69, 9.17) is 18.7 Å². The first kappa shape index (κ1) is 28.8. The maximum Gasteiger partial charge on any atom is 0.334 e. The number of aromatic nitrogens is 1. The van der Waals surface area contributed by atoms with E-state index in [9.17, 15) is 22.7 Å². The Hall–Kier alpha value is -2.80. The third-order valence-corrected chi connectivity index (χ3v) is 7.93. The molecule has 37 heavy (non-hydrogen) atoms. The van der Waals surface area contributed by atoms with Gasteiger partial charge in [0.15, 0.2) is 21.8 Å². The van der Waals surface area contributed by atoms with Crippen molar-refractivity contribution in [2.45, 2.75) is 24.9 Å². The molecule has 2 aromatic carbocycles. The van der Waals surface area contributed by atoms with Gasteiger partial charge in [0.1, 0.15) is 17.2 Å². The van der Waals surface area contributed by atoms with Crippen molar-refractivity contribution in [1.82, 2.24) is 4.98 Å². The molecule has 3 aromatic rings. The molecule has 0 bridgehead atoms. The van der Waals surface area contributed by atoms with Crippen LogP contribution in [-0.2, 0) is 29.8 Å². The molecule has 1 unspecified atom stereocenters. The van der Waals surface area contributed by atoms with Gasteiger partial charge in [-0.1, -0.05) is 0 Å². The molecule has 0 fully saturated rings. The van der Waals surface area contributed by atoms with Gasteiger partial charge < -0.3 is 23.6 Å². The monoisotopic (exact) mass is 570 g/mol. The number of hydrogen-bond donors (Lipinski definition) is 2. The molecule has 0 aliphatic rings. The van der Waals surface area contributed by atoms with Gasteiger partial charge in [-0.3, -0.25) is 14.7 Å². The maximum atomic E-state index is 13.0. The molecule has 1 heterocycles. The van der Waals surface area contributed by atoms with Gasteiger partial charge in [-0.25, -0.2) is 13.4 Å². The van der Waals surface area contributed by atoms with Crippen LogP contribution in [-0.4, -0.2) is 50.5 Å². The number of nitrogens with one attached hydrogen (secondary N) is 1. The van der Waals surface area contributed by atoms with E-state index in [1.807, 2.05) is 6.92 Å². The summed E-state index contributed by atoms with van der Waals surface area (Å²) in [5, 5.41) is 4.45. The topological polar surface area (TPSA) is 150 Å². The zero-order valence-electron chi connectivity index (χ0n) is 20.4. The maximum absolute atomic E-state index is 13.0. The molecule has 1 atom stereocenters. The largest absolute Gasteiger partial charge is 0.467 e. The highest BCUT2D eigenvalue weighted by Gasteiger charge is 2.22. The number of amides is 1. The van der Waals surface area contributed by atoms with Crippen molar-refractivity contribution in [3.05, 3.63) is 59.1 Å². The van der Waals surface area contributed by atoms with Gasteiger partial charge >= 0.3 is 7.60 Å². The lowest BCUT2D eigenvalue weighted by Crippen LogP contribution is -2.12. The van der Waals surface area contributed by atoms with Crippen LogP contribution in [0.5, 0.6) is 17.2 Å². The predicted octanol–water partition coefficient (Wildman–Crippen LogP) is 4.69. The van der Waals surface area contributed by atoms with Crippen molar-refractivity contribution in [1.29, 1.82) is 0 Å². The SMILES string of the molecule is CCOCOc1cc(Oc2ccc(S(C)(=O)=O)cc2)cc(C(=O)Nc2nc(CP(=O)(O)OCC)cs2)c1. The first-order valence-corrected chi connectivity index (χ1v) is 15.6. The molecule has 0 aliphatic carbocycles. The van der Waals surface area contributed by atoms with Crippen LogP contribution < -0.4 is 14.8 Å². The second kappa shape index (κ2) is 12.6. The molecular weight excluding hydrogens is 543 g/mol. The Balaban J connectivity index is 1.79. The number of carbonyl (C=O) groups excluding carboxylic acids is 1. The highest BCUT2D eigenvalue weighted by atomic mass is 32.2. The van der Waals surface area contributed by atoms with Crippen molar-refractivity contribution in [2.24, 2.45) is 0 Å². The van der Waals surface area contributed by atoms with Crippen LogP contribution in [0.15, 0.2) is 52.7 Å².